The van der Waals surface area contributed by atoms with E-state index in [1.54, 1.807) is 18.2 Å². The van der Waals surface area contributed by atoms with Crippen molar-refractivity contribution < 1.29 is 9.50 Å². The maximum atomic E-state index is 12.8. The van der Waals surface area contributed by atoms with Crippen molar-refractivity contribution in [3.63, 3.8) is 0 Å². The van der Waals surface area contributed by atoms with Crippen molar-refractivity contribution in [2.24, 2.45) is 0 Å². The topological polar surface area (TPSA) is 56.0 Å². The second kappa shape index (κ2) is 5.59. The molecule has 2 N–H and O–H groups in total. The standard InChI is InChI=1S/C14H10ClFN2O/c15-12-7-9(1-6-14(12)19)13(8-17)18-11-4-2-10(16)3-5-11/h1-7,13,18-19H. The number of benzene rings is 2. The molecule has 5 heteroatoms. The molecule has 2 aromatic carbocycles. The van der Waals surface area contributed by atoms with Gasteiger partial charge in [0.1, 0.15) is 17.6 Å². The summed E-state index contributed by atoms with van der Waals surface area (Å²) in [6.07, 6.45) is 0. The summed E-state index contributed by atoms with van der Waals surface area (Å²) in [5.41, 5.74) is 1.24. The molecule has 0 aliphatic heterocycles. The van der Waals surface area contributed by atoms with Gasteiger partial charge in [-0.2, -0.15) is 5.26 Å². The molecule has 3 nitrogen and oxygen atoms in total. The number of aromatic hydroxyl groups is 1. The molecule has 0 fully saturated rings. The molecule has 0 radical (unpaired) electrons. The van der Waals surface area contributed by atoms with E-state index in [9.17, 15) is 9.50 Å². The third-order valence-corrected chi connectivity index (χ3v) is 2.89. The maximum absolute atomic E-state index is 12.8. The Morgan fingerprint density at radius 1 is 1.21 bits per heavy atom. The Balaban J connectivity index is 2.23. The number of halogens is 2. The predicted octanol–water partition coefficient (Wildman–Crippen LogP) is 3.86. The molecule has 19 heavy (non-hydrogen) atoms. The van der Waals surface area contributed by atoms with Crippen molar-refractivity contribution in [1.82, 2.24) is 0 Å². The smallest absolute Gasteiger partial charge is 0.140 e. The van der Waals surface area contributed by atoms with Gasteiger partial charge in [-0.05, 0) is 42.0 Å². The number of nitriles is 1. The van der Waals surface area contributed by atoms with Crippen LogP contribution in [0.15, 0.2) is 42.5 Å². The van der Waals surface area contributed by atoms with E-state index >= 15 is 0 Å². The van der Waals surface area contributed by atoms with Crippen LogP contribution in [-0.2, 0) is 0 Å². The summed E-state index contributed by atoms with van der Waals surface area (Å²) in [6.45, 7) is 0. The van der Waals surface area contributed by atoms with Crippen molar-refractivity contribution in [1.29, 1.82) is 5.26 Å². The molecule has 1 unspecified atom stereocenters. The summed E-state index contributed by atoms with van der Waals surface area (Å²) in [5.74, 6) is -0.379. The molecule has 1 atom stereocenters. The SMILES string of the molecule is N#CC(Nc1ccc(F)cc1)c1ccc(O)c(Cl)c1. The lowest BCUT2D eigenvalue weighted by molar-refractivity contribution is 0.475. The molecular weight excluding hydrogens is 267 g/mol. The minimum Gasteiger partial charge on any atom is -0.506 e. The Labute approximate surface area is 114 Å². The van der Waals surface area contributed by atoms with Gasteiger partial charge < -0.3 is 10.4 Å². The zero-order valence-corrected chi connectivity index (χ0v) is 10.5. The van der Waals surface area contributed by atoms with Gasteiger partial charge in [0, 0.05) is 5.69 Å². The van der Waals surface area contributed by atoms with Gasteiger partial charge in [0.15, 0.2) is 0 Å². The second-order valence-electron chi connectivity index (χ2n) is 3.92. The lowest BCUT2D eigenvalue weighted by Crippen LogP contribution is -2.08. The van der Waals surface area contributed by atoms with Gasteiger partial charge >= 0.3 is 0 Å². The summed E-state index contributed by atoms with van der Waals surface area (Å²) in [5, 5.41) is 21.6. The van der Waals surface area contributed by atoms with E-state index in [1.807, 2.05) is 0 Å². The molecule has 96 valence electrons. The molecule has 0 aromatic heterocycles. The first-order valence-corrected chi connectivity index (χ1v) is 5.88. The van der Waals surface area contributed by atoms with Crippen LogP contribution in [0.3, 0.4) is 0 Å². The minimum atomic E-state index is -0.636. The van der Waals surface area contributed by atoms with Crippen LogP contribution in [0.25, 0.3) is 0 Å². The van der Waals surface area contributed by atoms with E-state index in [0.29, 0.717) is 11.3 Å². The van der Waals surface area contributed by atoms with Gasteiger partial charge in [-0.3, -0.25) is 0 Å². The quantitative estimate of drug-likeness (QED) is 0.895. The van der Waals surface area contributed by atoms with Crippen LogP contribution in [0.4, 0.5) is 10.1 Å². The molecule has 2 aromatic rings. The Hall–Kier alpha value is -2.25. The number of hydrogen-bond acceptors (Lipinski definition) is 3. The zero-order chi connectivity index (χ0) is 13.8. The third-order valence-electron chi connectivity index (χ3n) is 2.59. The van der Waals surface area contributed by atoms with Crippen molar-refractivity contribution in [2.45, 2.75) is 6.04 Å². The first-order valence-electron chi connectivity index (χ1n) is 5.50. The highest BCUT2D eigenvalue weighted by molar-refractivity contribution is 6.32. The van der Waals surface area contributed by atoms with Crippen LogP contribution in [0.2, 0.25) is 5.02 Å². The highest BCUT2D eigenvalue weighted by atomic mass is 35.5. The van der Waals surface area contributed by atoms with E-state index < -0.39 is 6.04 Å². The summed E-state index contributed by atoms with van der Waals surface area (Å²) in [6, 6.07) is 11.7. The molecule has 0 saturated carbocycles. The van der Waals surface area contributed by atoms with Crippen LogP contribution in [0, 0.1) is 17.1 Å². The Kier molecular flexibility index (Phi) is 3.88. The van der Waals surface area contributed by atoms with Gasteiger partial charge in [-0.15, -0.1) is 0 Å². The van der Waals surface area contributed by atoms with E-state index in [0.717, 1.165) is 0 Å². The van der Waals surface area contributed by atoms with Crippen LogP contribution < -0.4 is 5.32 Å². The first-order chi connectivity index (χ1) is 9.10. The van der Waals surface area contributed by atoms with Gasteiger partial charge in [-0.1, -0.05) is 17.7 Å². The molecular formula is C14H10ClFN2O. The Bertz CT molecular complexity index is 622. The maximum Gasteiger partial charge on any atom is 0.140 e. The molecule has 0 heterocycles. The van der Waals surface area contributed by atoms with Crippen molar-refractivity contribution in [2.75, 3.05) is 5.32 Å². The fraction of sp³-hybridized carbons (Fsp3) is 0.0714. The monoisotopic (exact) mass is 276 g/mol. The molecule has 0 amide bonds. The van der Waals surface area contributed by atoms with Gasteiger partial charge in [0.25, 0.3) is 0 Å². The lowest BCUT2D eigenvalue weighted by atomic mass is 10.1. The first kappa shape index (κ1) is 13.2. The fourth-order valence-electron chi connectivity index (χ4n) is 1.61. The lowest BCUT2D eigenvalue weighted by Gasteiger charge is -2.13. The van der Waals surface area contributed by atoms with Gasteiger partial charge in [-0.25, -0.2) is 4.39 Å². The average molecular weight is 277 g/mol. The van der Waals surface area contributed by atoms with E-state index in [4.69, 9.17) is 16.9 Å². The van der Waals surface area contributed by atoms with Crippen LogP contribution in [0.1, 0.15) is 11.6 Å². The molecule has 0 aliphatic rings. The van der Waals surface area contributed by atoms with E-state index in [1.165, 1.54) is 24.3 Å². The number of rotatable bonds is 3. The summed E-state index contributed by atoms with van der Waals surface area (Å²) in [7, 11) is 0. The molecule has 0 saturated heterocycles. The summed E-state index contributed by atoms with van der Waals surface area (Å²) < 4.78 is 12.8. The number of nitrogens with one attached hydrogen (secondary N) is 1. The highest BCUT2D eigenvalue weighted by Gasteiger charge is 2.12. The second-order valence-corrected chi connectivity index (χ2v) is 4.33. The van der Waals surface area contributed by atoms with Gasteiger partial charge in [0.05, 0.1) is 11.1 Å². The van der Waals surface area contributed by atoms with Crippen LogP contribution >= 0.6 is 11.6 Å². The Morgan fingerprint density at radius 2 is 1.89 bits per heavy atom. The third kappa shape index (κ3) is 3.15. The average Bonchev–Trinajstić information content (AvgIpc) is 2.41. The minimum absolute atomic E-state index is 0.0381. The van der Waals surface area contributed by atoms with Crippen molar-refractivity contribution in [3.05, 3.63) is 58.9 Å². The molecule has 0 spiro atoms. The summed E-state index contributed by atoms with van der Waals surface area (Å²) in [4.78, 5) is 0. The van der Waals surface area contributed by atoms with Crippen LogP contribution in [0.5, 0.6) is 5.75 Å². The largest absolute Gasteiger partial charge is 0.506 e. The molecule has 2 rings (SSSR count). The van der Waals surface area contributed by atoms with Gasteiger partial charge in [0.2, 0.25) is 0 Å². The highest BCUT2D eigenvalue weighted by Crippen LogP contribution is 2.28. The van der Waals surface area contributed by atoms with Crippen molar-refractivity contribution >= 4 is 17.3 Å². The fourth-order valence-corrected chi connectivity index (χ4v) is 1.79. The molecule has 0 aliphatic carbocycles. The zero-order valence-electron chi connectivity index (χ0n) is 9.77. The van der Waals surface area contributed by atoms with E-state index in [-0.39, 0.29) is 16.6 Å². The normalized spacial score (nSPS) is 11.6. The van der Waals surface area contributed by atoms with Crippen molar-refractivity contribution in [3.8, 4) is 11.8 Å². The van der Waals surface area contributed by atoms with E-state index in [2.05, 4.69) is 11.4 Å². The summed E-state index contributed by atoms with van der Waals surface area (Å²) >= 11 is 5.80. The number of phenolic OH excluding ortho intramolecular Hbond substituents is 1. The number of nitrogens with zero attached hydrogens (tertiary/aromatic N) is 1. The molecule has 0 bridgehead atoms. The number of hydrogen-bond donors (Lipinski definition) is 2. The van der Waals surface area contributed by atoms with Crippen LogP contribution in [-0.4, -0.2) is 5.11 Å². The number of phenols is 1. The number of anilines is 1. The predicted molar refractivity (Wildman–Crippen MR) is 71.5 cm³/mol. The Morgan fingerprint density at radius 3 is 2.47 bits per heavy atom.